The summed E-state index contributed by atoms with van der Waals surface area (Å²) in [6, 6.07) is 8.80. The van der Waals surface area contributed by atoms with Crippen molar-refractivity contribution < 1.29 is 13.6 Å². The molecule has 1 saturated carbocycles. The number of nitrogens with zero attached hydrogens (tertiary/aromatic N) is 5. The molecule has 0 bridgehead atoms. The molecule has 149 valence electrons. The number of imidazole rings is 1. The lowest BCUT2D eigenvalue weighted by Crippen LogP contribution is -2.18. The SMILES string of the molecule is Cc1ccc(C(=O)[N]C2CC2)cc1-n1cnc2c(-c3ccc(F)cc3F)ncnc21. The summed E-state index contributed by atoms with van der Waals surface area (Å²) in [5.74, 6) is -1.64. The van der Waals surface area contributed by atoms with Gasteiger partial charge in [-0.25, -0.2) is 29.0 Å². The molecular formula is C22H16F2N5O. The maximum atomic E-state index is 14.3. The monoisotopic (exact) mass is 404 g/mol. The van der Waals surface area contributed by atoms with Crippen LogP contribution in [0.1, 0.15) is 28.8 Å². The Hall–Kier alpha value is -3.68. The fourth-order valence-electron chi connectivity index (χ4n) is 3.34. The predicted octanol–water partition coefficient (Wildman–Crippen LogP) is 3.98. The number of aryl methyl sites for hydroxylation is 1. The molecule has 8 heteroatoms. The Morgan fingerprint density at radius 2 is 1.93 bits per heavy atom. The normalized spacial score (nSPS) is 13.6. The summed E-state index contributed by atoms with van der Waals surface area (Å²) in [6.07, 6.45) is 4.77. The minimum absolute atomic E-state index is 0.136. The standard InChI is InChI=1S/C22H16F2N5O/c1-12-2-3-13(22(30)28-15-5-6-15)8-18(12)29-11-27-20-19(25-10-26-21(20)29)16-7-4-14(23)9-17(16)24/h2-4,7-11,15H,5-6H2,1H3. The van der Waals surface area contributed by atoms with Crippen molar-refractivity contribution in [1.82, 2.24) is 24.8 Å². The molecule has 2 aromatic carbocycles. The van der Waals surface area contributed by atoms with Gasteiger partial charge in [-0.1, -0.05) is 6.07 Å². The zero-order valence-electron chi connectivity index (χ0n) is 16.0. The van der Waals surface area contributed by atoms with Gasteiger partial charge >= 0.3 is 0 Å². The van der Waals surface area contributed by atoms with Crippen molar-refractivity contribution in [3.05, 3.63) is 71.8 Å². The second kappa shape index (κ2) is 6.98. The van der Waals surface area contributed by atoms with Crippen LogP contribution in [0.3, 0.4) is 0 Å². The Labute approximate surface area is 170 Å². The van der Waals surface area contributed by atoms with Gasteiger partial charge in [0, 0.05) is 17.2 Å². The van der Waals surface area contributed by atoms with Crippen molar-refractivity contribution in [3.63, 3.8) is 0 Å². The van der Waals surface area contributed by atoms with E-state index >= 15 is 0 Å². The number of aromatic nitrogens is 4. The van der Waals surface area contributed by atoms with Gasteiger partial charge in [0.2, 0.25) is 0 Å². The van der Waals surface area contributed by atoms with E-state index in [0.717, 1.165) is 30.2 Å². The van der Waals surface area contributed by atoms with Crippen molar-refractivity contribution in [1.29, 1.82) is 0 Å². The van der Waals surface area contributed by atoms with Crippen LogP contribution in [0.2, 0.25) is 0 Å². The first-order chi connectivity index (χ1) is 14.5. The fraction of sp³-hybridized carbons (Fsp3) is 0.182. The average molecular weight is 404 g/mol. The molecule has 6 nitrogen and oxygen atoms in total. The number of benzene rings is 2. The van der Waals surface area contributed by atoms with Crippen molar-refractivity contribution in [2.24, 2.45) is 0 Å². The molecule has 0 saturated heterocycles. The van der Waals surface area contributed by atoms with Crippen LogP contribution in [0.5, 0.6) is 0 Å². The lowest BCUT2D eigenvalue weighted by Gasteiger charge is -2.10. The summed E-state index contributed by atoms with van der Waals surface area (Å²) < 4.78 is 29.4. The average Bonchev–Trinajstić information content (AvgIpc) is 3.43. The van der Waals surface area contributed by atoms with E-state index in [4.69, 9.17) is 0 Å². The third kappa shape index (κ3) is 3.20. The summed E-state index contributed by atoms with van der Waals surface area (Å²) in [5.41, 5.74) is 3.35. The van der Waals surface area contributed by atoms with Gasteiger partial charge in [-0.05, 0) is 49.6 Å². The Morgan fingerprint density at radius 3 is 2.70 bits per heavy atom. The third-order valence-electron chi connectivity index (χ3n) is 5.08. The molecule has 0 unspecified atom stereocenters. The Kier molecular flexibility index (Phi) is 4.27. The molecule has 5 rings (SSSR count). The summed E-state index contributed by atoms with van der Waals surface area (Å²) >= 11 is 0. The van der Waals surface area contributed by atoms with Crippen LogP contribution in [0, 0.1) is 18.6 Å². The fourth-order valence-corrected chi connectivity index (χ4v) is 3.34. The molecule has 1 aliphatic rings. The van der Waals surface area contributed by atoms with Gasteiger partial charge in [0.05, 0.1) is 11.7 Å². The van der Waals surface area contributed by atoms with E-state index in [1.807, 2.05) is 13.0 Å². The number of hydrogen-bond donors (Lipinski definition) is 0. The largest absolute Gasteiger partial charge is 0.283 e. The molecule has 2 heterocycles. The van der Waals surface area contributed by atoms with E-state index in [0.29, 0.717) is 16.7 Å². The van der Waals surface area contributed by atoms with E-state index in [1.165, 1.54) is 18.5 Å². The summed E-state index contributed by atoms with van der Waals surface area (Å²) in [5, 5.41) is 4.18. The number of hydrogen-bond acceptors (Lipinski definition) is 4. The van der Waals surface area contributed by atoms with Crippen LogP contribution in [0.15, 0.2) is 49.1 Å². The van der Waals surface area contributed by atoms with E-state index in [-0.39, 0.29) is 23.2 Å². The van der Waals surface area contributed by atoms with Crippen LogP contribution in [0.25, 0.3) is 28.1 Å². The van der Waals surface area contributed by atoms with Crippen LogP contribution < -0.4 is 5.32 Å². The summed E-state index contributed by atoms with van der Waals surface area (Å²) in [4.78, 5) is 25.3. The highest BCUT2D eigenvalue weighted by Crippen LogP contribution is 2.29. The highest BCUT2D eigenvalue weighted by molar-refractivity contribution is 5.95. The van der Waals surface area contributed by atoms with E-state index in [9.17, 15) is 13.6 Å². The third-order valence-corrected chi connectivity index (χ3v) is 5.08. The quantitative estimate of drug-likeness (QED) is 0.516. The topological polar surface area (TPSA) is 74.8 Å². The summed E-state index contributed by atoms with van der Waals surface area (Å²) in [7, 11) is 0. The van der Waals surface area contributed by atoms with Crippen molar-refractivity contribution in [2.75, 3.05) is 0 Å². The smallest absolute Gasteiger partial charge is 0.272 e. The van der Waals surface area contributed by atoms with E-state index in [2.05, 4.69) is 20.3 Å². The van der Waals surface area contributed by atoms with Crippen molar-refractivity contribution in [3.8, 4) is 16.9 Å². The van der Waals surface area contributed by atoms with Gasteiger partial charge in [-0.3, -0.25) is 9.36 Å². The number of carbonyl (C=O) groups is 1. The predicted molar refractivity (Wildman–Crippen MR) is 106 cm³/mol. The lowest BCUT2D eigenvalue weighted by molar-refractivity contribution is 0.0946. The molecule has 0 atom stereocenters. The van der Waals surface area contributed by atoms with Crippen LogP contribution in [-0.4, -0.2) is 31.5 Å². The zero-order chi connectivity index (χ0) is 20.8. The van der Waals surface area contributed by atoms with Gasteiger partial charge < -0.3 is 0 Å². The first-order valence-corrected chi connectivity index (χ1v) is 9.51. The molecule has 0 spiro atoms. The van der Waals surface area contributed by atoms with Crippen LogP contribution in [0.4, 0.5) is 8.78 Å². The number of halogens is 2. The number of amides is 1. The van der Waals surface area contributed by atoms with Crippen LogP contribution >= 0.6 is 0 Å². The van der Waals surface area contributed by atoms with Gasteiger partial charge in [0.25, 0.3) is 5.91 Å². The van der Waals surface area contributed by atoms with Crippen molar-refractivity contribution >= 4 is 17.1 Å². The molecule has 1 aliphatic carbocycles. The zero-order valence-corrected chi connectivity index (χ0v) is 16.0. The van der Waals surface area contributed by atoms with Gasteiger partial charge in [-0.15, -0.1) is 0 Å². The second-order valence-electron chi connectivity index (χ2n) is 7.30. The molecular weight excluding hydrogens is 388 g/mol. The van der Waals surface area contributed by atoms with Crippen molar-refractivity contribution in [2.45, 2.75) is 25.8 Å². The number of fused-ring (bicyclic) bond motifs is 1. The molecule has 1 radical (unpaired) electrons. The molecule has 4 aromatic rings. The second-order valence-corrected chi connectivity index (χ2v) is 7.30. The van der Waals surface area contributed by atoms with E-state index in [1.54, 1.807) is 23.0 Å². The summed E-state index contributed by atoms with van der Waals surface area (Å²) in [6.45, 7) is 1.91. The minimum Gasteiger partial charge on any atom is -0.283 e. The Bertz CT molecular complexity index is 1300. The molecule has 0 N–H and O–H groups in total. The van der Waals surface area contributed by atoms with Gasteiger partial charge in [0.1, 0.15) is 35.5 Å². The Balaban J connectivity index is 1.61. The first kappa shape index (κ1) is 18.4. The molecule has 1 amide bonds. The van der Waals surface area contributed by atoms with Crippen LogP contribution in [-0.2, 0) is 0 Å². The number of carbonyl (C=O) groups excluding carboxylic acids is 1. The highest BCUT2D eigenvalue weighted by Gasteiger charge is 2.26. The molecule has 0 aliphatic heterocycles. The first-order valence-electron chi connectivity index (χ1n) is 9.51. The Morgan fingerprint density at radius 1 is 1.10 bits per heavy atom. The van der Waals surface area contributed by atoms with Gasteiger partial charge in [-0.2, -0.15) is 0 Å². The lowest BCUT2D eigenvalue weighted by atomic mass is 10.1. The maximum absolute atomic E-state index is 14.3. The highest BCUT2D eigenvalue weighted by atomic mass is 19.1. The number of rotatable bonds is 4. The minimum atomic E-state index is -0.727. The maximum Gasteiger partial charge on any atom is 0.272 e. The van der Waals surface area contributed by atoms with Gasteiger partial charge in [0.15, 0.2) is 5.65 Å². The molecule has 2 aromatic heterocycles. The molecule has 30 heavy (non-hydrogen) atoms. The molecule has 1 fully saturated rings. The van der Waals surface area contributed by atoms with E-state index < -0.39 is 11.6 Å².